The van der Waals surface area contributed by atoms with Gasteiger partial charge < -0.3 is 14.6 Å². The number of hydrogen-bond donors (Lipinski definition) is 1. The van der Waals surface area contributed by atoms with Crippen molar-refractivity contribution in [1.82, 2.24) is 4.90 Å². The van der Waals surface area contributed by atoms with Crippen molar-refractivity contribution < 1.29 is 24.2 Å². The highest BCUT2D eigenvalue weighted by Crippen LogP contribution is 2.37. The second kappa shape index (κ2) is 13.7. The number of benzene rings is 1. The first-order chi connectivity index (χ1) is 16.2. The molecule has 1 N–H and O–H groups in total. The summed E-state index contributed by atoms with van der Waals surface area (Å²) in [6.45, 7) is 8.12. The number of thioether (sulfide) groups is 1. The van der Waals surface area contributed by atoms with Gasteiger partial charge in [0.25, 0.3) is 5.91 Å². The highest BCUT2D eigenvalue weighted by atomic mass is 32.2. The summed E-state index contributed by atoms with van der Waals surface area (Å²) in [5.41, 5.74) is 0.757. The minimum atomic E-state index is -1.05. The van der Waals surface area contributed by atoms with E-state index >= 15 is 0 Å². The van der Waals surface area contributed by atoms with Crippen LogP contribution in [0, 0.1) is 5.92 Å². The molecule has 1 amide bonds. The van der Waals surface area contributed by atoms with Gasteiger partial charge in [-0.3, -0.25) is 9.69 Å². The highest BCUT2D eigenvalue weighted by Gasteiger charge is 2.40. The predicted molar refractivity (Wildman–Crippen MR) is 142 cm³/mol. The number of carboxylic acids is 1. The van der Waals surface area contributed by atoms with Gasteiger partial charge in [-0.15, -0.1) is 0 Å². The summed E-state index contributed by atoms with van der Waals surface area (Å²) in [7, 11) is 1.59. The number of thiocarbonyl (C=S) groups is 1. The van der Waals surface area contributed by atoms with Gasteiger partial charge >= 0.3 is 5.97 Å². The van der Waals surface area contributed by atoms with Gasteiger partial charge in [-0.1, -0.05) is 76.5 Å². The molecule has 0 saturated carbocycles. The number of aliphatic carboxylic acids is 1. The minimum absolute atomic E-state index is 0.0755. The molecule has 1 saturated heterocycles. The van der Waals surface area contributed by atoms with Gasteiger partial charge in [-0.25, -0.2) is 4.79 Å². The van der Waals surface area contributed by atoms with Crippen LogP contribution < -0.4 is 9.47 Å². The van der Waals surface area contributed by atoms with Crippen molar-refractivity contribution in [2.75, 3.05) is 7.11 Å². The van der Waals surface area contributed by atoms with Crippen LogP contribution in [-0.4, -0.2) is 45.5 Å². The lowest BCUT2D eigenvalue weighted by molar-refractivity contribution is -0.145. The minimum Gasteiger partial charge on any atom is -0.493 e. The number of nitrogens with zero attached hydrogens (tertiary/aromatic N) is 1. The van der Waals surface area contributed by atoms with Gasteiger partial charge in [0.1, 0.15) is 10.4 Å². The zero-order chi connectivity index (χ0) is 25.3. The molecule has 0 aromatic heterocycles. The number of carbonyl (C=O) groups is 2. The fourth-order valence-electron chi connectivity index (χ4n) is 3.85. The third-order valence-corrected chi connectivity index (χ3v) is 6.97. The van der Waals surface area contributed by atoms with E-state index in [0.717, 1.165) is 30.2 Å². The second-order valence-electron chi connectivity index (χ2n) is 9.08. The number of unbranched alkanes of at least 4 members (excludes halogenated alkanes) is 4. The van der Waals surface area contributed by atoms with Gasteiger partial charge in [0.05, 0.1) is 18.1 Å². The standard InChI is InChI=1S/C26H37NO5S2/c1-6-7-8-9-10-11-18(4)32-21-13-12-19(15-22(21)31-5)16-23-24(28)27(26(33)34-23)20(25(29)30)14-17(2)3/h12-13,15-18,20H,6-11,14H2,1-5H3,(H,29,30)/b23-16+/t18-,20-/m0/s1. The Morgan fingerprint density at radius 3 is 2.50 bits per heavy atom. The van der Waals surface area contributed by atoms with Crippen LogP contribution in [-0.2, 0) is 9.59 Å². The van der Waals surface area contributed by atoms with E-state index in [1.54, 1.807) is 13.2 Å². The van der Waals surface area contributed by atoms with Gasteiger partial charge in [0, 0.05) is 0 Å². The van der Waals surface area contributed by atoms with E-state index < -0.39 is 12.0 Å². The van der Waals surface area contributed by atoms with E-state index in [1.807, 2.05) is 32.0 Å². The zero-order valence-electron chi connectivity index (χ0n) is 20.8. The van der Waals surface area contributed by atoms with Crippen molar-refractivity contribution in [2.45, 2.75) is 84.8 Å². The normalized spacial score (nSPS) is 16.9. The van der Waals surface area contributed by atoms with Gasteiger partial charge in [0.2, 0.25) is 0 Å². The number of carbonyl (C=O) groups excluding carboxylic acids is 1. The Morgan fingerprint density at radius 1 is 1.18 bits per heavy atom. The Bertz CT molecular complexity index is 899. The first-order valence-corrected chi connectivity index (χ1v) is 13.2. The number of carboxylic acid groups (broad SMARTS) is 1. The molecule has 2 rings (SSSR count). The summed E-state index contributed by atoms with van der Waals surface area (Å²) in [5, 5.41) is 9.64. The molecule has 2 atom stereocenters. The largest absolute Gasteiger partial charge is 0.493 e. The summed E-state index contributed by atoms with van der Waals surface area (Å²) in [6.07, 6.45) is 9.24. The maximum absolute atomic E-state index is 13.0. The summed E-state index contributed by atoms with van der Waals surface area (Å²) >= 11 is 6.48. The van der Waals surface area contributed by atoms with Crippen molar-refractivity contribution in [1.29, 1.82) is 0 Å². The van der Waals surface area contributed by atoms with Crippen molar-refractivity contribution in [2.24, 2.45) is 5.92 Å². The van der Waals surface area contributed by atoms with E-state index in [1.165, 1.54) is 30.6 Å². The summed E-state index contributed by atoms with van der Waals surface area (Å²) in [4.78, 5) is 26.4. The predicted octanol–water partition coefficient (Wildman–Crippen LogP) is 6.52. The molecule has 0 radical (unpaired) electrons. The van der Waals surface area contributed by atoms with Crippen LogP contribution in [0.25, 0.3) is 6.08 Å². The van der Waals surface area contributed by atoms with E-state index in [2.05, 4.69) is 13.8 Å². The second-order valence-corrected chi connectivity index (χ2v) is 10.8. The Kier molecular flexibility index (Phi) is 11.4. The molecule has 0 aliphatic carbocycles. The first-order valence-electron chi connectivity index (χ1n) is 12.0. The summed E-state index contributed by atoms with van der Waals surface area (Å²) in [5.74, 6) is -0.0559. The molecule has 6 nitrogen and oxygen atoms in total. The molecule has 1 heterocycles. The summed E-state index contributed by atoms with van der Waals surface area (Å²) in [6, 6.07) is 4.56. The van der Waals surface area contributed by atoms with E-state index in [-0.39, 0.29) is 22.2 Å². The number of amides is 1. The highest BCUT2D eigenvalue weighted by molar-refractivity contribution is 8.26. The van der Waals surface area contributed by atoms with Crippen LogP contribution in [0.1, 0.15) is 78.2 Å². The zero-order valence-corrected chi connectivity index (χ0v) is 22.5. The van der Waals surface area contributed by atoms with Crippen LogP contribution in [0.4, 0.5) is 0 Å². The molecular formula is C26H37NO5S2. The lowest BCUT2D eigenvalue weighted by atomic mass is 10.0. The van der Waals surface area contributed by atoms with Crippen molar-refractivity contribution in [3.05, 3.63) is 28.7 Å². The maximum atomic E-state index is 13.0. The average Bonchev–Trinajstić information content (AvgIpc) is 3.05. The molecule has 0 unspecified atom stereocenters. The Balaban J connectivity index is 2.11. The number of rotatable bonds is 14. The average molecular weight is 508 g/mol. The fourth-order valence-corrected chi connectivity index (χ4v) is 5.20. The Hall–Kier alpha value is -2.06. The Morgan fingerprint density at radius 2 is 1.88 bits per heavy atom. The molecule has 188 valence electrons. The summed E-state index contributed by atoms with van der Waals surface area (Å²) < 4.78 is 11.9. The number of hydrogen-bond acceptors (Lipinski definition) is 6. The molecule has 0 bridgehead atoms. The number of ether oxygens (including phenoxy) is 2. The van der Waals surface area contributed by atoms with E-state index in [0.29, 0.717) is 22.8 Å². The smallest absolute Gasteiger partial charge is 0.326 e. The van der Waals surface area contributed by atoms with Crippen LogP contribution >= 0.6 is 24.0 Å². The molecule has 1 aromatic rings. The van der Waals surface area contributed by atoms with Crippen LogP contribution in [0.2, 0.25) is 0 Å². The monoisotopic (exact) mass is 507 g/mol. The van der Waals surface area contributed by atoms with Crippen molar-refractivity contribution >= 4 is 46.3 Å². The lowest BCUT2D eigenvalue weighted by Gasteiger charge is -2.24. The number of methoxy groups -OCH3 is 1. The molecular weight excluding hydrogens is 470 g/mol. The topological polar surface area (TPSA) is 76.1 Å². The van der Waals surface area contributed by atoms with Crippen LogP contribution in [0.3, 0.4) is 0 Å². The fraction of sp³-hybridized carbons (Fsp3) is 0.577. The maximum Gasteiger partial charge on any atom is 0.326 e. The van der Waals surface area contributed by atoms with Crippen LogP contribution in [0.5, 0.6) is 11.5 Å². The molecule has 1 aromatic carbocycles. The third-order valence-electron chi connectivity index (χ3n) is 5.64. The first kappa shape index (κ1) is 28.2. The van der Waals surface area contributed by atoms with Crippen molar-refractivity contribution in [3.63, 3.8) is 0 Å². The van der Waals surface area contributed by atoms with Gasteiger partial charge in [-0.05, 0) is 55.9 Å². The Labute approximate surface area is 213 Å². The van der Waals surface area contributed by atoms with E-state index in [4.69, 9.17) is 21.7 Å². The molecule has 1 fully saturated rings. The van der Waals surface area contributed by atoms with E-state index in [9.17, 15) is 14.7 Å². The van der Waals surface area contributed by atoms with Crippen molar-refractivity contribution in [3.8, 4) is 11.5 Å². The third kappa shape index (κ3) is 8.01. The van der Waals surface area contributed by atoms with Crippen LogP contribution in [0.15, 0.2) is 23.1 Å². The van der Waals surface area contributed by atoms with Gasteiger partial charge in [-0.2, -0.15) is 0 Å². The molecule has 0 spiro atoms. The SMILES string of the molecule is CCCCCCC[C@H](C)Oc1ccc(/C=C2/SC(=S)N([C@@H](CC(C)C)C(=O)O)C2=O)cc1OC. The quantitative estimate of drug-likeness (QED) is 0.174. The molecule has 1 aliphatic heterocycles. The molecule has 8 heteroatoms. The van der Waals surface area contributed by atoms with Gasteiger partial charge in [0.15, 0.2) is 11.5 Å². The molecule has 1 aliphatic rings. The lowest BCUT2D eigenvalue weighted by Crippen LogP contribution is -2.44. The molecule has 34 heavy (non-hydrogen) atoms.